The molecule has 1 atom stereocenters. The number of rotatable bonds is 5. The molecule has 0 fully saturated rings. The van der Waals surface area contributed by atoms with Gasteiger partial charge in [0.15, 0.2) is 5.82 Å². The quantitative estimate of drug-likeness (QED) is 0.414. The molecule has 0 aliphatic carbocycles. The molecule has 3 rings (SSSR count). The van der Waals surface area contributed by atoms with Crippen LogP contribution in [0.25, 0.3) is 5.57 Å². The lowest BCUT2D eigenvalue weighted by molar-refractivity contribution is 0.228. The summed E-state index contributed by atoms with van der Waals surface area (Å²) >= 11 is 5.88. The van der Waals surface area contributed by atoms with E-state index in [1.54, 1.807) is 24.4 Å². The lowest BCUT2D eigenvalue weighted by Crippen LogP contribution is -2.35. The minimum Gasteiger partial charge on any atom is -0.477 e. The number of aromatic nitrogens is 4. The summed E-state index contributed by atoms with van der Waals surface area (Å²) in [6.07, 6.45) is 5.73. The van der Waals surface area contributed by atoms with Crippen LogP contribution in [0.15, 0.2) is 35.5 Å². The van der Waals surface area contributed by atoms with Gasteiger partial charge < -0.3 is 15.0 Å². The second kappa shape index (κ2) is 8.45. The number of hydrogen-bond donors (Lipinski definition) is 3. The first-order valence-corrected chi connectivity index (χ1v) is 8.57. The van der Waals surface area contributed by atoms with Gasteiger partial charge in [0.1, 0.15) is 5.15 Å². The summed E-state index contributed by atoms with van der Waals surface area (Å²) in [6.45, 7) is 5.68. The van der Waals surface area contributed by atoms with Crippen molar-refractivity contribution in [3.8, 4) is 5.88 Å². The van der Waals surface area contributed by atoms with Crippen LogP contribution < -0.4 is 15.4 Å². The van der Waals surface area contributed by atoms with Crippen molar-refractivity contribution in [3.63, 3.8) is 0 Å². The Kier molecular flexibility index (Phi) is 5.82. The maximum absolute atomic E-state index is 12.3. The van der Waals surface area contributed by atoms with Gasteiger partial charge in [-0.05, 0) is 31.9 Å². The molecule has 27 heavy (non-hydrogen) atoms. The highest BCUT2D eigenvalue weighted by Crippen LogP contribution is 2.31. The molecule has 2 amide bonds. The van der Waals surface area contributed by atoms with E-state index in [4.69, 9.17) is 16.3 Å². The summed E-state index contributed by atoms with van der Waals surface area (Å²) in [5.74, 6) is 1.16. The van der Waals surface area contributed by atoms with E-state index in [1.165, 1.54) is 0 Å². The Morgan fingerprint density at radius 1 is 1.48 bits per heavy atom. The number of pyridine rings is 1. The molecule has 0 bridgehead atoms. The number of urea groups is 1. The topological polar surface area (TPSA) is 117 Å². The number of carbonyl (C=O) groups is 1. The van der Waals surface area contributed by atoms with Crippen LogP contribution in [-0.2, 0) is 0 Å². The summed E-state index contributed by atoms with van der Waals surface area (Å²) in [7, 11) is 0. The van der Waals surface area contributed by atoms with E-state index in [2.05, 4.69) is 42.5 Å². The van der Waals surface area contributed by atoms with E-state index in [1.807, 2.05) is 13.0 Å². The highest BCUT2D eigenvalue weighted by Gasteiger charge is 2.24. The summed E-state index contributed by atoms with van der Waals surface area (Å²) in [6, 6.07) is 2.79. The largest absolute Gasteiger partial charge is 0.477 e. The molecule has 140 valence electrons. The maximum Gasteiger partial charge on any atom is 0.322 e. The Hall–Kier alpha value is -3.20. The Bertz CT molecular complexity index is 906. The van der Waals surface area contributed by atoms with Crippen molar-refractivity contribution in [1.82, 2.24) is 25.5 Å². The van der Waals surface area contributed by atoms with Gasteiger partial charge in [0.05, 0.1) is 12.6 Å². The van der Waals surface area contributed by atoms with E-state index < -0.39 is 6.03 Å². The van der Waals surface area contributed by atoms with Crippen LogP contribution >= 0.6 is 11.6 Å². The van der Waals surface area contributed by atoms with Crippen molar-refractivity contribution < 1.29 is 9.53 Å². The fraction of sp³-hybridized carbons (Fsp3) is 0.235. The molecular formula is C17H18ClN7O2. The van der Waals surface area contributed by atoms with E-state index >= 15 is 0 Å². The molecule has 0 aromatic carbocycles. The summed E-state index contributed by atoms with van der Waals surface area (Å²) < 4.78 is 5.49. The molecule has 0 spiro atoms. The van der Waals surface area contributed by atoms with Crippen LogP contribution in [-0.4, -0.2) is 39.5 Å². The summed E-state index contributed by atoms with van der Waals surface area (Å²) in [4.78, 5) is 23.1. The third kappa shape index (κ3) is 4.50. The van der Waals surface area contributed by atoms with Crippen LogP contribution in [0.1, 0.15) is 30.8 Å². The Labute approximate surface area is 160 Å². The fourth-order valence-corrected chi connectivity index (χ4v) is 2.72. The first-order chi connectivity index (χ1) is 13.1. The number of amides is 2. The lowest BCUT2D eigenvalue weighted by Gasteiger charge is -2.25. The first-order valence-electron chi connectivity index (χ1n) is 8.19. The summed E-state index contributed by atoms with van der Waals surface area (Å²) in [5.41, 5.74) is 1.54. The Balaban J connectivity index is 1.66. The van der Waals surface area contributed by atoms with Gasteiger partial charge in [0.2, 0.25) is 11.8 Å². The van der Waals surface area contributed by atoms with Crippen molar-refractivity contribution in [1.29, 1.82) is 0 Å². The van der Waals surface area contributed by atoms with Gasteiger partial charge in [-0.2, -0.15) is 0 Å². The zero-order valence-electron chi connectivity index (χ0n) is 14.6. The number of aromatic amines is 1. The average Bonchev–Trinajstić information content (AvgIpc) is 3.10. The third-order valence-corrected chi connectivity index (χ3v) is 4.05. The van der Waals surface area contributed by atoms with Gasteiger partial charge in [-0.3, -0.25) is 10.3 Å². The normalized spacial score (nSPS) is 16.5. The third-order valence-electron chi connectivity index (χ3n) is 3.84. The van der Waals surface area contributed by atoms with Gasteiger partial charge >= 0.3 is 6.03 Å². The number of halogens is 1. The molecule has 0 radical (unpaired) electrons. The van der Waals surface area contributed by atoms with E-state index in [0.29, 0.717) is 29.9 Å². The van der Waals surface area contributed by atoms with Crippen molar-refractivity contribution in [2.75, 3.05) is 11.9 Å². The van der Waals surface area contributed by atoms with Gasteiger partial charge in [-0.15, -0.1) is 10.2 Å². The number of H-pyrrole nitrogens is 1. The molecular weight excluding hydrogens is 370 g/mol. The first kappa shape index (κ1) is 18.6. The number of allylic oxidation sites excluding steroid dienone is 3. The smallest absolute Gasteiger partial charge is 0.322 e. The second-order valence-electron chi connectivity index (χ2n) is 5.58. The average molecular weight is 388 g/mol. The predicted octanol–water partition coefficient (Wildman–Crippen LogP) is 3.12. The number of fused-ring (bicyclic) bond motifs is 1. The predicted molar refractivity (Wildman–Crippen MR) is 103 cm³/mol. The molecule has 0 saturated heterocycles. The molecule has 3 N–H and O–H groups in total. The number of nitrogens with zero attached hydrogens (tertiary/aromatic N) is 4. The Morgan fingerprint density at radius 2 is 2.33 bits per heavy atom. The van der Waals surface area contributed by atoms with Crippen molar-refractivity contribution in [2.24, 2.45) is 4.99 Å². The number of anilines is 1. The molecule has 3 heterocycles. The van der Waals surface area contributed by atoms with Crippen molar-refractivity contribution >= 4 is 35.9 Å². The zero-order chi connectivity index (χ0) is 19.2. The van der Waals surface area contributed by atoms with Crippen molar-refractivity contribution in [3.05, 3.63) is 47.0 Å². The van der Waals surface area contributed by atoms with E-state index in [9.17, 15) is 4.79 Å². The van der Waals surface area contributed by atoms with Gasteiger partial charge in [-0.1, -0.05) is 17.7 Å². The fourth-order valence-electron chi connectivity index (χ4n) is 2.58. The Morgan fingerprint density at radius 3 is 3.11 bits per heavy atom. The monoisotopic (exact) mass is 387 g/mol. The number of hydrogen-bond acceptors (Lipinski definition) is 6. The van der Waals surface area contributed by atoms with Crippen LogP contribution in [0.5, 0.6) is 5.88 Å². The van der Waals surface area contributed by atoms with Crippen LogP contribution in [0.3, 0.4) is 0 Å². The molecule has 1 aliphatic rings. The number of ether oxygens (including phenoxy) is 1. The maximum atomic E-state index is 12.3. The highest BCUT2D eigenvalue weighted by molar-refractivity contribution is 6.29. The minimum absolute atomic E-state index is 0.225. The van der Waals surface area contributed by atoms with E-state index in [0.717, 1.165) is 11.1 Å². The number of carbonyl (C=O) groups excluding carboxylic acids is 1. The van der Waals surface area contributed by atoms with Gasteiger partial charge in [-0.25, -0.2) is 9.78 Å². The van der Waals surface area contributed by atoms with Crippen LogP contribution in [0, 0.1) is 0 Å². The van der Waals surface area contributed by atoms with Crippen LogP contribution in [0.2, 0.25) is 5.15 Å². The summed E-state index contributed by atoms with van der Waals surface area (Å²) in [5, 5.41) is 13.8. The molecule has 9 nitrogen and oxygen atoms in total. The second-order valence-corrected chi connectivity index (χ2v) is 5.97. The minimum atomic E-state index is -0.421. The number of nitrogens with one attached hydrogen (secondary N) is 3. The lowest BCUT2D eigenvalue weighted by atomic mass is 10.0. The molecule has 1 unspecified atom stereocenters. The molecule has 0 saturated carbocycles. The van der Waals surface area contributed by atoms with Gasteiger partial charge in [0, 0.05) is 23.8 Å². The van der Waals surface area contributed by atoms with Crippen LogP contribution in [0.4, 0.5) is 10.7 Å². The number of aliphatic imine (C=N–C) groups is 1. The molecule has 2 aromatic rings. The molecule has 10 heteroatoms. The standard InChI is InChI=1S/C17H18ClN7O2/c1-3-10(6-8-19-2)14-22-16(25-24-14)23-17(26)20-12-7-9-27-15-11(12)4-5-13(18)21-15/h3-6,8,12H,2,7,9H2,1H3,(H3,20,22,23,24,25,26)/b8-6-,10-3+. The molecule has 1 aliphatic heterocycles. The van der Waals surface area contributed by atoms with Crippen molar-refractivity contribution in [2.45, 2.75) is 19.4 Å². The SMILES string of the molecule is C=N/C=C\C(=C/C)c1nnc(NC(=O)NC2CCOc3nc(Cl)ccc32)[nH]1. The molecule has 2 aromatic heterocycles. The van der Waals surface area contributed by atoms with Gasteiger partial charge in [0.25, 0.3) is 0 Å². The zero-order valence-corrected chi connectivity index (χ0v) is 15.3. The highest BCUT2D eigenvalue weighted by atomic mass is 35.5. The van der Waals surface area contributed by atoms with E-state index in [-0.39, 0.29) is 12.0 Å².